The maximum atomic E-state index is 13.1. The first-order chi connectivity index (χ1) is 14.8. The Labute approximate surface area is 197 Å². The average Bonchev–Trinajstić information content (AvgIpc) is 2.73. The van der Waals surface area contributed by atoms with Gasteiger partial charge in [-0.3, -0.25) is 19.8 Å². The molecule has 11 heteroatoms. The van der Waals surface area contributed by atoms with E-state index in [1.54, 1.807) is 18.2 Å². The van der Waals surface area contributed by atoms with Crippen molar-refractivity contribution in [2.75, 3.05) is 18.6 Å². The molecule has 2 amide bonds. The van der Waals surface area contributed by atoms with Crippen LogP contribution in [0.4, 0.5) is 5.69 Å². The van der Waals surface area contributed by atoms with E-state index in [0.717, 1.165) is 4.90 Å². The van der Waals surface area contributed by atoms with Gasteiger partial charge in [0.25, 0.3) is 11.8 Å². The maximum Gasteiger partial charge on any atom is 0.270 e. The molecule has 2 aromatic rings. The van der Waals surface area contributed by atoms with Crippen molar-refractivity contribution in [1.29, 1.82) is 5.26 Å². The Morgan fingerprint density at radius 3 is 2.65 bits per heavy atom. The van der Waals surface area contributed by atoms with Gasteiger partial charge in [0.2, 0.25) is 0 Å². The molecule has 158 valence electrons. The zero-order chi connectivity index (χ0) is 22.7. The molecule has 3 rings (SSSR count). The minimum atomic E-state index is -0.696. The highest BCUT2D eigenvalue weighted by Gasteiger charge is 2.35. The van der Waals surface area contributed by atoms with Gasteiger partial charge in [-0.15, -0.1) is 0 Å². The van der Waals surface area contributed by atoms with Crippen molar-refractivity contribution in [3.05, 3.63) is 56.5 Å². The smallest absolute Gasteiger partial charge is 0.270 e. The number of carbonyl (C=O) groups is 2. The highest BCUT2D eigenvalue weighted by atomic mass is 35.5. The Hall–Kier alpha value is -2.83. The van der Waals surface area contributed by atoms with E-state index in [1.165, 1.54) is 25.3 Å². The van der Waals surface area contributed by atoms with Gasteiger partial charge < -0.3 is 9.47 Å². The largest absolute Gasteiger partial charge is 0.493 e. The fourth-order valence-electron chi connectivity index (χ4n) is 2.78. The summed E-state index contributed by atoms with van der Waals surface area (Å²) >= 11 is 23.7. The Bertz CT molecular complexity index is 1180. The Balaban J connectivity index is 2.05. The second kappa shape index (κ2) is 9.54. The highest BCUT2D eigenvalue weighted by Crippen LogP contribution is 2.38. The van der Waals surface area contributed by atoms with Crippen LogP contribution in [0.2, 0.25) is 15.1 Å². The Morgan fingerprint density at radius 1 is 1.23 bits per heavy atom. The number of hydrogen-bond donors (Lipinski definition) is 1. The summed E-state index contributed by atoms with van der Waals surface area (Å²) in [6, 6.07) is 9.52. The molecule has 0 unspecified atom stereocenters. The molecule has 1 fully saturated rings. The molecule has 2 aromatic carbocycles. The van der Waals surface area contributed by atoms with Gasteiger partial charge in [-0.1, -0.05) is 40.9 Å². The zero-order valence-electron chi connectivity index (χ0n) is 15.7. The number of halogens is 3. The fraction of sp³-hybridized carbons (Fsp3) is 0.100. The Morgan fingerprint density at radius 2 is 1.97 bits per heavy atom. The monoisotopic (exact) mass is 495 g/mol. The summed E-state index contributed by atoms with van der Waals surface area (Å²) < 4.78 is 10.5. The van der Waals surface area contributed by atoms with Crippen molar-refractivity contribution >= 4 is 75.7 Å². The van der Waals surface area contributed by atoms with Crippen LogP contribution >= 0.6 is 47.0 Å². The quantitative estimate of drug-likeness (QED) is 0.375. The van der Waals surface area contributed by atoms with Crippen LogP contribution in [-0.4, -0.2) is 30.6 Å². The van der Waals surface area contributed by atoms with Gasteiger partial charge in [0, 0.05) is 0 Å². The molecule has 0 saturated carbocycles. The lowest BCUT2D eigenvalue weighted by molar-refractivity contribution is -0.122. The van der Waals surface area contributed by atoms with Crippen molar-refractivity contribution in [3.8, 4) is 17.6 Å². The molecule has 31 heavy (non-hydrogen) atoms. The number of anilines is 1. The van der Waals surface area contributed by atoms with E-state index in [0.29, 0.717) is 5.56 Å². The van der Waals surface area contributed by atoms with Crippen LogP contribution in [0.15, 0.2) is 35.9 Å². The third-order valence-corrected chi connectivity index (χ3v) is 5.49. The molecule has 0 atom stereocenters. The second-order valence-electron chi connectivity index (χ2n) is 6.01. The average molecular weight is 497 g/mol. The molecule has 1 saturated heterocycles. The van der Waals surface area contributed by atoms with Gasteiger partial charge in [0.05, 0.1) is 27.9 Å². The van der Waals surface area contributed by atoms with Crippen LogP contribution in [-0.2, 0) is 9.59 Å². The SMILES string of the molecule is COc1cc(/C=C2\C(=O)NC(=S)N(c3cccc(Cl)c3Cl)C2=O)cc(Cl)c1OCC#N. The molecular weight excluding hydrogens is 485 g/mol. The lowest BCUT2D eigenvalue weighted by atomic mass is 10.1. The molecule has 1 aliphatic rings. The molecule has 1 N–H and O–H groups in total. The summed E-state index contributed by atoms with van der Waals surface area (Å²) in [5.74, 6) is -0.994. The first-order valence-electron chi connectivity index (χ1n) is 8.51. The summed E-state index contributed by atoms with van der Waals surface area (Å²) in [6.07, 6.45) is 1.33. The molecular formula is C20H12Cl3N3O4S. The van der Waals surface area contributed by atoms with Gasteiger partial charge in [0.1, 0.15) is 11.6 Å². The van der Waals surface area contributed by atoms with Gasteiger partial charge in [0.15, 0.2) is 23.2 Å². The third kappa shape index (κ3) is 4.60. The number of methoxy groups -OCH3 is 1. The molecule has 1 aliphatic heterocycles. The predicted molar refractivity (Wildman–Crippen MR) is 122 cm³/mol. The summed E-state index contributed by atoms with van der Waals surface area (Å²) in [6.45, 7) is -0.232. The number of nitrogens with zero attached hydrogens (tertiary/aromatic N) is 2. The minimum Gasteiger partial charge on any atom is -0.493 e. The van der Waals surface area contributed by atoms with Crippen molar-refractivity contribution in [2.45, 2.75) is 0 Å². The molecule has 0 spiro atoms. The van der Waals surface area contributed by atoms with Crippen LogP contribution in [0.3, 0.4) is 0 Å². The minimum absolute atomic E-state index is 0.110. The van der Waals surface area contributed by atoms with Crippen LogP contribution in [0.25, 0.3) is 6.08 Å². The van der Waals surface area contributed by atoms with Gasteiger partial charge in [-0.25, -0.2) is 0 Å². The van der Waals surface area contributed by atoms with Crippen LogP contribution < -0.4 is 19.7 Å². The van der Waals surface area contributed by atoms with Crippen LogP contribution in [0.5, 0.6) is 11.5 Å². The van der Waals surface area contributed by atoms with Crippen LogP contribution in [0, 0.1) is 11.3 Å². The topological polar surface area (TPSA) is 91.7 Å². The molecule has 0 bridgehead atoms. The number of benzene rings is 2. The first-order valence-corrected chi connectivity index (χ1v) is 10.1. The molecule has 1 heterocycles. The number of carbonyl (C=O) groups excluding carboxylic acids is 2. The zero-order valence-corrected chi connectivity index (χ0v) is 18.8. The van der Waals surface area contributed by atoms with Crippen molar-refractivity contribution in [3.63, 3.8) is 0 Å². The van der Waals surface area contributed by atoms with E-state index < -0.39 is 11.8 Å². The van der Waals surface area contributed by atoms with Gasteiger partial charge in [-0.2, -0.15) is 5.26 Å². The number of nitriles is 1. The summed E-state index contributed by atoms with van der Waals surface area (Å²) in [4.78, 5) is 26.7. The number of rotatable bonds is 5. The van der Waals surface area contributed by atoms with E-state index in [1.807, 2.05) is 6.07 Å². The number of amides is 2. The lowest BCUT2D eigenvalue weighted by Crippen LogP contribution is -2.54. The van der Waals surface area contributed by atoms with E-state index in [4.69, 9.17) is 61.8 Å². The Kier molecular flexibility index (Phi) is 7.03. The normalized spacial score (nSPS) is 15.0. The standard InChI is InChI=1S/C20H12Cl3N3O4S/c1-29-15-9-10(8-13(22)17(15)30-6-5-24)7-11-18(27)25-20(31)26(19(11)28)14-4-2-3-12(21)16(14)23/h2-4,7-9H,6H2,1H3,(H,25,27,31)/b11-7+. The van der Waals surface area contributed by atoms with Gasteiger partial charge >= 0.3 is 0 Å². The molecule has 0 aliphatic carbocycles. The number of nitrogens with one attached hydrogen (secondary N) is 1. The van der Waals surface area contributed by atoms with Gasteiger partial charge in [-0.05, 0) is 48.1 Å². The van der Waals surface area contributed by atoms with Crippen molar-refractivity contribution in [2.24, 2.45) is 0 Å². The van der Waals surface area contributed by atoms with E-state index >= 15 is 0 Å². The molecule has 0 aromatic heterocycles. The lowest BCUT2D eigenvalue weighted by Gasteiger charge is -2.29. The number of hydrogen-bond acceptors (Lipinski definition) is 6. The third-order valence-electron chi connectivity index (χ3n) is 4.12. The summed E-state index contributed by atoms with van der Waals surface area (Å²) in [5, 5.41) is 11.5. The molecule has 7 nitrogen and oxygen atoms in total. The van der Waals surface area contributed by atoms with Crippen LogP contribution in [0.1, 0.15) is 5.56 Å². The fourth-order valence-corrected chi connectivity index (χ4v) is 3.70. The van der Waals surface area contributed by atoms with E-state index in [9.17, 15) is 9.59 Å². The van der Waals surface area contributed by atoms with E-state index in [-0.39, 0.29) is 49.5 Å². The summed E-state index contributed by atoms with van der Waals surface area (Å²) in [7, 11) is 1.39. The van der Waals surface area contributed by atoms with E-state index in [2.05, 4.69) is 5.32 Å². The van der Waals surface area contributed by atoms with Crippen molar-refractivity contribution in [1.82, 2.24) is 5.32 Å². The predicted octanol–water partition coefficient (Wildman–Crippen LogP) is 4.39. The van der Waals surface area contributed by atoms with Crippen molar-refractivity contribution < 1.29 is 19.1 Å². The maximum absolute atomic E-state index is 13.1. The molecule has 0 radical (unpaired) electrons. The number of ether oxygens (including phenoxy) is 2. The number of thiocarbonyl (C=S) groups is 1. The highest BCUT2D eigenvalue weighted by molar-refractivity contribution is 7.80. The first kappa shape index (κ1) is 22.8. The second-order valence-corrected chi connectivity index (χ2v) is 7.59. The summed E-state index contributed by atoms with van der Waals surface area (Å²) in [5.41, 5.74) is 0.397.